The molecule has 3 aromatic rings. The van der Waals surface area contributed by atoms with Gasteiger partial charge < -0.3 is 4.90 Å². The number of pyridine rings is 2. The van der Waals surface area contributed by atoms with Crippen LogP contribution in [-0.4, -0.2) is 39.0 Å². The van der Waals surface area contributed by atoms with Gasteiger partial charge in [0, 0.05) is 38.1 Å². The van der Waals surface area contributed by atoms with Gasteiger partial charge in [-0.25, -0.2) is 4.52 Å². The van der Waals surface area contributed by atoms with Crippen molar-refractivity contribution >= 4 is 11.4 Å². The van der Waals surface area contributed by atoms with Crippen molar-refractivity contribution in [3.63, 3.8) is 0 Å². The fourth-order valence-corrected chi connectivity index (χ4v) is 2.17. The molecule has 0 saturated carbocycles. The third kappa shape index (κ3) is 2.91. The molecule has 106 valence electrons. The van der Waals surface area contributed by atoms with Crippen LogP contribution in [0.25, 0.3) is 5.52 Å². The Kier molecular flexibility index (Phi) is 3.64. The molecule has 0 aliphatic heterocycles. The highest BCUT2D eigenvalue weighted by atomic mass is 16.2. The van der Waals surface area contributed by atoms with Crippen LogP contribution in [0.1, 0.15) is 16.2 Å². The predicted octanol–water partition coefficient (Wildman–Crippen LogP) is 2.04. The first-order valence-corrected chi connectivity index (χ1v) is 6.84. The first-order chi connectivity index (χ1) is 10.2. The molecule has 3 heterocycles. The van der Waals surface area contributed by atoms with Crippen LogP contribution in [0.15, 0.2) is 54.9 Å². The minimum absolute atomic E-state index is 0.0744. The largest absolute Gasteiger partial charge is 0.340 e. The number of hydrogen-bond donors (Lipinski definition) is 0. The molecule has 0 aliphatic carbocycles. The van der Waals surface area contributed by atoms with Crippen LogP contribution in [0.4, 0.5) is 0 Å². The Bertz CT molecular complexity index is 718. The highest BCUT2D eigenvalue weighted by Gasteiger charge is 2.15. The zero-order valence-electron chi connectivity index (χ0n) is 11.8. The van der Waals surface area contributed by atoms with Gasteiger partial charge in [-0.2, -0.15) is 5.10 Å². The number of nitrogens with zero attached hydrogens (tertiary/aromatic N) is 4. The third-order valence-corrected chi connectivity index (χ3v) is 3.37. The van der Waals surface area contributed by atoms with E-state index in [1.807, 2.05) is 42.6 Å². The molecular weight excluding hydrogens is 264 g/mol. The van der Waals surface area contributed by atoms with Crippen molar-refractivity contribution in [1.29, 1.82) is 0 Å². The molecule has 0 spiro atoms. The predicted molar refractivity (Wildman–Crippen MR) is 80.1 cm³/mol. The smallest absolute Gasteiger partial charge is 0.274 e. The lowest BCUT2D eigenvalue weighted by Crippen LogP contribution is -2.29. The molecule has 5 nitrogen and oxygen atoms in total. The second-order valence-corrected chi connectivity index (χ2v) is 4.90. The molecule has 1 amide bonds. The second kappa shape index (κ2) is 5.75. The molecule has 0 saturated heterocycles. The van der Waals surface area contributed by atoms with Crippen molar-refractivity contribution in [2.75, 3.05) is 13.6 Å². The maximum Gasteiger partial charge on any atom is 0.274 e. The summed E-state index contributed by atoms with van der Waals surface area (Å²) < 4.78 is 1.71. The van der Waals surface area contributed by atoms with Gasteiger partial charge in [0.05, 0.1) is 5.52 Å². The molecule has 0 aliphatic rings. The van der Waals surface area contributed by atoms with Crippen LogP contribution in [0.3, 0.4) is 0 Å². The molecule has 0 atom stereocenters. The summed E-state index contributed by atoms with van der Waals surface area (Å²) in [7, 11) is 1.79. The highest BCUT2D eigenvalue weighted by Crippen LogP contribution is 2.08. The number of aromatic nitrogens is 3. The van der Waals surface area contributed by atoms with E-state index in [1.54, 1.807) is 28.7 Å². The maximum atomic E-state index is 12.4. The number of carbonyl (C=O) groups is 1. The fraction of sp³-hybridized carbons (Fsp3) is 0.188. The van der Waals surface area contributed by atoms with E-state index >= 15 is 0 Å². The standard InChI is InChI=1S/C16H16N4O/c1-19(11-8-13-6-2-4-9-17-13)16(21)15-12-14-7-3-5-10-20(14)18-15/h2-7,9-10,12H,8,11H2,1H3. The molecule has 3 rings (SSSR count). The molecule has 21 heavy (non-hydrogen) atoms. The Morgan fingerprint density at radius 2 is 2.10 bits per heavy atom. The Hall–Kier alpha value is -2.69. The van der Waals surface area contributed by atoms with Crippen molar-refractivity contribution in [1.82, 2.24) is 19.5 Å². The van der Waals surface area contributed by atoms with Crippen molar-refractivity contribution in [3.8, 4) is 0 Å². The molecule has 0 unspecified atom stereocenters. The Labute approximate surface area is 122 Å². The van der Waals surface area contributed by atoms with Crippen LogP contribution in [0.2, 0.25) is 0 Å². The van der Waals surface area contributed by atoms with E-state index in [0.29, 0.717) is 12.2 Å². The second-order valence-electron chi connectivity index (χ2n) is 4.90. The van der Waals surface area contributed by atoms with Gasteiger partial charge >= 0.3 is 0 Å². The minimum Gasteiger partial charge on any atom is -0.340 e. The van der Waals surface area contributed by atoms with Gasteiger partial charge in [-0.05, 0) is 30.3 Å². The van der Waals surface area contributed by atoms with E-state index in [2.05, 4.69) is 10.1 Å². The van der Waals surface area contributed by atoms with E-state index in [1.165, 1.54) is 0 Å². The third-order valence-electron chi connectivity index (χ3n) is 3.37. The molecule has 3 aromatic heterocycles. The lowest BCUT2D eigenvalue weighted by Gasteiger charge is -2.15. The maximum absolute atomic E-state index is 12.4. The molecule has 5 heteroatoms. The summed E-state index contributed by atoms with van der Waals surface area (Å²) in [6.07, 6.45) is 4.33. The normalized spacial score (nSPS) is 10.7. The number of rotatable bonds is 4. The van der Waals surface area contributed by atoms with Crippen LogP contribution in [0.5, 0.6) is 0 Å². The summed E-state index contributed by atoms with van der Waals surface area (Å²) in [4.78, 5) is 18.3. The van der Waals surface area contributed by atoms with Gasteiger partial charge in [-0.3, -0.25) is 9.78 Å². The molecule has 0 N–H and O–H groups in total. The number of likely N-dealkylation sites (N-methyl/N-ethyl adjacent to an activating group) is 1. The van der Waals surface area contributed by atoms with E-state index < -0.39 is 0 Å². The summed E-state index contributed by atoms with van der Waals surface area (Å²) in [5.74, 6) is -0.0744. The van der Waals surface area contributed by atoms with Gasteiger partial charge in [0.1, 0.15) is 0 Å². The van der Waals surface area contributed by atoms with Crippen LogP contribution in [0, 0.1) is 0 Å². The molecule has 0 fully saturated rings. The monoisotopic (exact) mass is 280 g/mol. The Morgan fingerprint density at radius 3 is 2.86 bits per heavy atom. The van der Waals surface area contributed by atoms with Crippen molar-refractivity contribution in [2.45, 2.75) is 6.42 Å². The van der Waals surface area contributed by atoms with E-state index in [9.17, 15) is 4.79 Å². The van der Waals surface area contributed by atoms with Crippen LogP contribution >= 0.6 is 0 Å². The van der Waals surface area contributed by atoms with Crippen LogP contribution < -0.4 is 0 Å². The zero-order chi connectivity index (χ0) is 14.7. The van der Waals surface area contributed by atoms with Gasteiger partial charge in [0.15, 0.2) is 5.69 Å². The van der Waals surface area contributed by atoms with Crippen molar-refractivity contribution in [2.24, 2.45) is 0 Å². The summed E-state index contributed by atoms with van der Waals surface area (Å²) in [6, 6.07) is 13.3. The highest BCUT2D eigenvalue weighted by molar-refractivity contribution is 5.93. The van der Waals surface area contributed by atoms with E-state index in [0.717, 1.165) is 17.6 Å². The lowest BCUT2D eigenvalue weighted by molar-refractivity contribution is 0.0790. The molecule has 0 radical (unpaired) electrons. The summed E-state index contributed by atoms with van der Waals surface area (Å²) in [6.45, 7) is 0.615. The minimum atomic E-state index is -0.0744. The topological polar surface area (TPSA) is 50.5 Å². The Balaban J connectivity index is 1.69. The quantitative estimate of drug-likeness (QED) is 0.735. The molecule has 0 bridgehead atoms. The lowest BCUT2D eigenvalue weighted by atomic mass is 10.2. The SMILES string of the molecule is CN(CCc1ccccn1)C(=O)c1cc2ccccn2n1. The summed E-state index contributed by atoms with van der Waals surface area (Å²) in [5, 5.41) is 4.30. The zero-order valence-corrected chi connectivity index (χ0v) is 11.8. The van der Waals surface area contributed by atoms with Crippen LogP contribution in [-0.2, 0) is 6.42 Å². The number of amides is 1. The molecule has 0 aromatic carbocycles. The average Bonchev–Trinajstić information content (AvgIpc) is 2.97. The number of hydrogen-bond acceptors (Lipinski definition) is 3. The summed E-state index contributed by atoms with van der Waals surface area (Å²) in [5.41, 5.74) is 2.36. The molecular formula is C16H16N4O. The first kappa shape index (κ1) is 13.3. The van der Waals surface area contributed by atoms with E-state index in [4.69, 9.17) is 0 Å². The van der Waals surface area contributed by atoms with Gasteiger partial charge in [-0.15, -0.1) is 0 Å². The van der Waals surface area contributed by atoms with Crippen molar-refractivity contribution in [3.05, 3.63) is 66.2 Å². The van der Waals surface area contributed by atoms with Gasteiger partial charge in [0.25, 0.3) is 5.91 Å². The summed E-state index contributed by atoms with van der Waals surface area (Å²) >= 11 is 0. The van der Waals surface area contributed by atoms with Gasteiger partial charge in [0.2, 0.25) is 0 Å². The van der Waals surface area contributed by atoms with E-state index in [-0.39, 0.29) is 5.91 Å². The Morgan fingerprint density at radius 1 is 1.24 bits per heavy atom. The van der Waals surface area contributed by atoms with Gasteiger partial charge in [-0.1, -0.05) is 12.1 Å². The number of carbonyl (C=O) groups excluding carboxylic acids is 1. The van der Waals surface area contributed by atoms with Crippen molar-refractivity contribution < 1.29 is 4.79 Å². The fourth-order valence-electron chi connectivity index (χ4n) is 2.17. The first-order valence-electron chi connectivity index (χ1n) is 6.84. The number of fused-ring (bicyclic) bond motifs is 1. The average molecular weight is 280 g/mol.